The summed E-state index contributed by atoms with van der Waals surface area (Å²) in [5.41, 5.74) is 1.87. The molecule has 0 saturated heterocycles. The van der Waals surface area contributed by atoms with Crippen LogP contribution in [-0.4, -0.2) is 15.6 Å². The van der Waals surface area contributed by atoms with Crippen molar-refractivity contribution in [2.24, 2.45) is 0 Å². The van der Waals surface area contributed by atoms with Crippen molar-refractivity contribution in [1.82, 2.24) is 14.9 Å². The summed E-state index contributed by atoms with van der Waals surface area (Å²) < 4.78 is 15.7. The van der Waals surface area contributed by atoms with Crippen LogP contribution in [0.3, 0.4) is 0 Å². The van der Waals surface area contributed by atoms with Gasteiger partial charge in [-0.15, -0.1) is 0 Å². The quantitative estimate of drug-likeness (QED) is 0.923. The molecule has 0 radical (unpaired) electrons. The normalized spacial score (nSPS) is 20.1. The van der Waals surface area contributed by atoms with E-state index in [4.69, 9.17) is 4.98 Å². The molecule has 1 aromatic carbocycles. The smallest absolute Gasteiger partial charge is 0.125 e. The van der Waals surface area contributed by atoms with Crippen LogP contribution in [0.15, 0.2) is 18.2 Å². The second-order valence-corrected chi connectivity index (χ2v) is 6.12. The molecule has 1 heterocycles. The van der Waals surface area contributed by atoms with Crippen LogP contribution in [0.25, 0.3) is 11.0 Å². The third-order valence-electron chi connectivity index (χ3n) is 4.54. The fraction of sp³-hybridized carbons (Fsp3) is 0.562. The average molecular weight is 273 g/mol. The van der Waals surface area contributed by atoms with E-state index in [0.717, 1.165) is 23.4 Å². The number of nitrogens with zero attached hydrogens (tertiary/aromatic N) is 2. The molecule has 0 aliphatic heterocycles. The van der Waals surface area contributed by atoms with E-state index >= 15 is 0 Å². The summed E-state index contributed by atoms with van der Waals surface area (Å²) in [7, 11) is 0. The highest BCUT2D eigenvalue weighted by atomic mass is 19.1. The number of hydrogen-bond donors (Lipinski definition) is 1. The number of benzene rings is 1. The van der Waals surface area contributed by atoms with Crippen LogP contribution in [0.1, 0.15) is 50.4 Å². The SMILES string of the molecule is Fc1ccc2nc(CNC3CCCC3)n(C3CC3)c2c1. The van der Waals surface area contributed by atoms with Gasteiger partial charge >= 0.3 is 0 Å². The molecule has 106 valence electrons. The molecule has 0 spiro atoms. The molecule has 0 atom stereocenters. The number of halogens is 1. The van der Waals surface area contributed by atoms with Gasteiger partial charge in [-0.25, -0.2) is 9.37 Å². The Morgan fingerprint density at radius 3 is 2.75 bits per heavy atom. The Bertz CT molecular complexity index is 624. The fourth-order valence-electron chi connectivity index (χ4n) is 3.35. The molecule has 2 saturated carbocycles. The van der Waals surface area contributed by atoms with Gasteiger partial charge in [-0.2, -0.15) is 0 Å². The monoisotopic (exact) mass is 273 g/mol. The Balaban J connectivity index is 1.65. The van der Waals surface area contributed by atoms with Gasteiger partial charge in [0.15, 0.2) is 0 Å². The van der Waals surface area contributed by atoms with Gasteiger partial charge < -0.3 is 9.88 Å². The molecule has 4 heteroatoms. The van der Waals surface area contributed by atoms with Gasteiger partial charge in [0.25, 0.3) is 0 Å². The number of hydrogen-bond acceptors (Lipinski definition) is 2. The molecule has 4 rings (SSSR count). The van der Waals surface area contributed by atoms with Gasteiger partial charge in [-0.05, 0) is 43.9 Å². The molecule has 2 aliphatic rings. The van der Waals surface area contributed by atoms with Crippen molar-refractivity contribution in [3.63, 3.8) is 0 Å². The minimum atomic E-state index is -0.172. The highest BCUT2D eigenvalue weighted by Gasteiger charge is 2.28. The highest BCUT2D eigenvalue weighted by Crippen LogP contribution is 2.38. The van der Waals surface area contributed by atoms with E-state index in [1.807, 2.05) is 0 Å². The number of rotatable bonds is 4. The second kappa shape index (κ2) is 4.85. The Labute approximate surface area is 118 Å². The molecule has 0 bridgehead atoms. The molecule has 1 N–H and O–H groups in total. The van der Waals surface area contributed by atoms with Gasteiger partial charge in [-0.3, -0.25) is 0 Å². The molecule has 20 heavy (non-hydrogen) atoms. The van der Waals surface area contributed by atoms with Crippen molar-refractivity contribution in [3.8, 4) is 0 Å². The summed E-state index contributed by atoms with van der Waals surface area (Å²) in [5, 5.41) is 3.62. The topological polar surface area (TPSA) is 29.9 Å². The highest BCUT2D eigenvalue weighted by molar-refractivity contribution is 5.76. The number of nitrogens with one attached hydrogen (secondary N) is 1. The molecule has 0 unspecified atom stereocenters. The van der Waals surface area contributed by atoms with Crippen LogP contribution >= 0.6 is 0 Å². The molecule has 3 nitrogen and oxygen atoms in total. The molecule has 0 amide bonds. The van der Waals surface area contributed by atoms with Gasteiger partial charge in [0.2, 0.25) is 0 Å². The first-order chi connectivity index (χ1) is 9.81. The lowest BCUT2D eigenvalue weighted by Crippen LogP contribution is -2.26. The van der Waals surface area contributed by atoms with Crippen LogP contribution in [0.5, 0.6) is 0 Å². The maximum atomic E-state index is 13.5. The van der Waals surface area contributed by atoms with Gasteiger partial charge in [0, 0.05) is 12.1 Å². The summed E-state index contributed by atoms with van der Waals surface area (Å²) in [6.45, 7) is 0.803. The Morgan fingerprint density at radius 2 is 2.00 bits per heavy atom. The molecule has 2 fully saturated rings. The zero-order chi connectivity index (χ0) is 13.5. The van der Waals surface area contributed by atoms with Gasteiger partial charge in [0.1, 0.15) is 11.6 Å². The van der Waals surface area contributed by atoms with Crippen LogP contribution in [0.4, 0.5) is 4.39 Å². The average Bonchev–Trinajstić information content (AvgIpc) is 3.02. The lowest BCUT2D eigenvalue weighted by atomic mass is 10.2. The number of imidazole rings is 1. The summed E-state index contributed by atoms with van der Waals surface area (Å²) in [5.74, 6) is 0.898. The van der Waals surface area contributed by atoms with Crippen molar-refractivity contribution in [2.45, 2.75) is 57.2 Å². The Hall–Kier alpha value is -1.42. The van der Waals surface area contributed by atoms with Crippen LogP contribution in [0, 0.1) is 5.82 Å². The van der Waals surface area contributed by atoms with E-state index in [1.165, 1.54) is 44.6 Å². The maximum absolute atomic E-state index is 13.5. The lowest BCUT2D eigenvalue weighted by molar-refractivity contribution is 0.502. The molecular formula is C16H20FN3. The number of aromatic nitrogens is 2. The standard InChI is InChI=1S/C16H20FN3/c17-11-5-8-14-15(9-11)20(13-6-7-13)16(19-14)10-18-12-3-1-2-4-12/h5,8-9,12-13,18H,1-4,6-7,10H2. The lowest BCUT2D eigenvalue weighted by Gasteiger charge is -2.13. The van der Waals surface area contributed by atoms with Crippen LogP contribution < -0.4 is 5.32 Å². The third-order valence-corrected chi connectivity index (χ3v) is 4.54. The first-order valence-corrected chi connectivity index (χ1v) is 7.71. The van der Waals surface area contributed by atoms with E-state index in [2.05, 4.69) is 9.88 Å². The van der Waals surface area contributed by atoms with Crippen LogP contribution in [-0.2, 0) is 6.54 Å². The van der Waals surface area contributed by atoms with Crippen LogP contribution in [0.2, 0.25) is 0 Å². The first kappa shape index (κ1) is 12.3. The molecule has 2 aromatic rings. The van der Waals surface area contributed by atoms with E-state index in [0.29, 0.717) is 12.1 Å². The maximum Gasteiger partial charge on any atom is 0.125 e. The van der Waals surface area contributed by atoms with Crippen molar-refractivity contribution in [2.75, 3.05) is 0 Å². The summed E-state index contributed by atoms with van der Waals surface area (Å²) in [4.78, 5) is 4.71. The molecule has 1 aromatic heterocycles. The van der Waals surface area contributed by atoms with E-state index in [9.17, 15) is 4.39 Å². The van der Waals surface area contributed by atoms with Crippen molar-refractivity contribution in [1.29, 1.82) is 0 Å². The largest absolute Gasteiger partial charge is 0.324 e. The van der Waals surface area contributed by atoms with Crippen molar-refractivity contribution < 1.29 is 4.39 Å². The summed E-state index contributed by atoms with van der Waals surface area (Å²) >= 11 is 0. The second-order valence-electron chi connectivity index (χ2n) is 6.12. The van der Waals surface area contributed by atoms with E-state index in [1.54, 1.807) is 12.1 Å². The zero-order valence-electron chi connectivity index (χ0n) is 11.6. The minimum Gasteiger partial charge on any atom is -0.324 e. The first-order valence-electron chi connectivity index (χ1n) is 7.71. The van der Waals surface area contributed by atoms with Crippen molar-refractivity contribution >= 4 is 11.0 Å². The predicted molar refractivity (Wildman–Crippen MR) is 77.1 cm³/mol. The molecule has 2 aliphatic carbocycles. The summed E-state index contributed by atoms with van der Waals surface area (Å²) in [6.07, 6.45) is 7.61. The third kappa shape index (κ3) is 2.22. The molecular weight excluding hydrogens is 253 g/mol. The predicted octanol–water partition coefficient (Wildman–Crippen LogP) is 3.54. The Kier molecular flexibility index (Phi) is 2.99. The van der Waals surface area contributed by atoms with E-state index in [-0.39, 0.29) is 5.82 Å². The Morgan fingerprint density at radius 1 is 1.20 bits per heavy atom. The summed E-state index contributed by atoms with van der Waals surface area (Å²) in [6, 6.07) is 6.09. The minimum absolute atomic E-state index is 0.172. The zero-order valence-corrected chi connectivity index (χ0v) is 11.6. The van der Waals surface area contributed by atoms with Gasteiger partial charge in [0.05, 0.1) is 17.6 Å². The van der Waals surface area contributed by atoms with Gasteiger partial charge in [-0.1, -0.05) is 12.8 Å². The number of fused-ring (bicyclic) bond motifs is 1. The van der Waals surface area contributed by atoms with E-state index < -0.39 is 0 Å². The fourth-order valence-corrected chi connectivity index (χ4v) is 3.35. The van der Waals surface area contributed by atoms with Crippen molar-refractivity contribution in [3.05, 3.63) is 29.8 Å².